The Bertz CT molecular complexity index is 5660. The van der Waals surface area contributed by atoms with Crippen LogP contribution in [0.15, 0.2) is 169 Å². The summed E-state index contributed by atoms with van der Waals surface area (Å²) in [5, 5.41) is 10.9. The zero-order chi connectivity index (χ0) is 91.4. The molecule has 0 bridgehead atoms. The zero-order valence-electron chi connectivity index (χ0n) is 69.7. The Labute approximate surface area is 770 Å². The highest BCUT2D eigenvalue weighted by atomic mass is 35.5. The maximum atomic E-state index is 13.5. The fourth-order valence-electron chi connectivity index (χ4n) is 11.3. The molecule has 7 atom stereocenters. The highest BCUT2D eigenvalue weighted by molar-refractivity contribution is 7.85. The molecule has 11 rings (SSSR count). The largest absolute Gasteiger partial charge is 0.396 e. The zero-order valence-corrected chi connectivity index (χ0v) is 80.5. The van der Waals surface area contributed by atoms with E-state index >= 15 is 0 Å². The van der Waals surface area contributed by atoms with E-state index in [2.05, 4.69) is 52.3 Å². The molecule has 1 aliphatic rings. The SMILES string of the molecule is C=CCC(C)(NS(=O)C(C)(C)C)c1cc(Cl)nc(-c2ccc(F)c(Cl)c2)c1.CC(=NS(=O)C(C)(C)C)c1cc(Cl)nc(-c2ccc(F)c(Cl)c2)c1.CC(=O)c1cc(Cl)nc(-c2ccc(F)c(Cl)c2)c1.CC(CCO)(NS(=O)C(C)(C)C)c1cc(Cl)nc(-c2ccc(F)c(Cl)c2)c1.CC1(c2cc(Cl)nc(-c3ccc(F)c(Cl)c3)c2)CCN1S(=O)C(C)(C)C. The lowest BCUT2D eigenvalue weighted by Gasteiger charge is -2.51. The second-order valence-electron chi connectivity index (χ2n) is 32.6. The first-order chi connectivity index (χ1) is 56.5. The number of halogens is 15. The quantitative estimate of drug-likeness (QED) is 0.0215. The van der Waals surface area contributed by atoms with E-state index in [1.807, 2.05) is 119 Å². The topological polar surface area (TPSA) is 210 Å². The number of pyridine rings is 5. The molecule has 5 aromatic carbocycles. The van der Waals surface area contributed by atoms with Crippen LogP contribution in [0.3, 0.4) is 0 Å². The fourth-order valence-corrected chi connectivity index (χ4v) is 17.2. The van der Waals surface area contributed by atoms with Crippen molar-refractivity contribution >= 4 is 171 Å². The van der Waals surface area contributed by atoms with Crippen LogP contribution in [-0.2, 0) is 60.6 Å². The van der Waals surface area contributed by atoms with Crippen molar-refractivity contribution in [1.82, 2.24) is 38.7 Å². The Morgan fingerprint density at radius 1 is 0.459 bits per heavy atom. The van der Waals surface area contributed by atoms with Crippen LogP contribution >= 0.6 is 116 Å². The normalized spacial score (nSPS) is 15.8. The van der Waals surface area contributed by atoms with E-state index in [9.17, 15) is 48.7 Å². The van der Waals surface area contributed by atoms with Crippen molar-refractivity contribution in [3.63, 3.8) is 0 Å². The van der Waals surface area contributed by atoms with E-state index in [-0.39, 0.29) is 68.4 Å². The Balaban J connectivity index is 0.000000211. The Morgan fingerprint density at radius 2 is 0.779 bits per heavy atom. The van der Waals surface area contributed by atoms with Gasteiger partial charge in [-0.2, -0.15) is 4.40 Å². The summed E-state index contributed by atoms with van der Waals surface area (Å²) >= 11 is 59.9. The van der Waals surface area contributed by atoms with Crippen molar-refractivity contribution < 1.29 is 48.7 Å². The second-order valence-corrected chi connectivity index (χ2v) is 44.6. The predicted molar refractivity (Wildman–Crippen MR) is 498 cm³/mol. The van der Waals surface area contributed by atoms with Gasteiger partial charge in [0.05, 0.1) is 117 Å². The number of rotatable bonds is 20. The molecular formula is C88H92Cl10F5N9O6S4. The van der Waals surface area contributed by atoms with E-state index in [0.717, 1.165) is 24.1 Å². The number of benzene rings is 5. The predicted octanol–water partition coefficient (Wildman–Crippen LogP) is 26.3. The maximum absolute atomic E-state index is 13.5. The lowest BCUT2D eigenvalue weighted by molar-refractivity contribution is 0.0934. The highest BCUT2D eigenvalue weighted by Gasteiger charge is 2.48. The number of aliphatic hydroxyl groups is 1. The van der Waals surface area contributed by atoms with Gasteiger partial charge in [-0.3, -0.25) is 4.79 Å². The molecule has 1 fully saturated rings. The van der Waals surface area contributed by atoms with Gasteiger partial charge >= 0.3 is 0 Å². The van der Waals surface area contributed by atoms with Gasteiger partial charge in [-0.25, -0.2) is 77.5 Å². The first-order valence-electron chi connectivity index (χ1n) is 37.5. The number of nitrogens with one attached hydrogen (secondary N) is 2. The number of carbonyl (C=O) groups excluding carboxylic acids is 1. The molecule has 1 aliphatic heterocycles. The number of carbonyl (C=O) groups is 1. The van der Waals surface area contributed by atoms with Crippen molar-refractivity contribution in [3.05, 3.63) is 272 Å². The number of Topliss-reactive ketones (excluding diaryl/α,β-unsaturated/α-hetero) is 1. The minimum absolute atomic E-state index is 0.00125. The van der Waals surface area contributed by atoms with Gasteiger partial charge in [0.15, 0.2) is 5.78 Å². The van der Waals surface area contributed by atoms with Crippen LogP contribution in [0, 0.1) is 29.1 Å². The monoisotopic (exact) mass is 1940 g/mol. The van der Waals surface area contributed by atoms with Gasteiger partial charge in [0, 0.05) is 52.1 Å². The summed E-state index contributed by atoms with van der Waals surface area (Å²) in [6, 6.07) is 38.9. The molecule has 0 aliphatic carbocycles. The Hall–Kier alpha value is -6.08. The molecular weight excluding hydrogens is 1860 g/mol. The van der Waals surface area contributed by atoms with Crippen LogP contribution in [0.25, 0.3) is 56.3 Å². The molecule has 6 heterocycles. The number of nitrogens with zero attached hydrogens (tertiary/aromatic N) is 7. The summed E-state index contributed by atoms with van der Waals surface area (Å²) in [7, 11) is -5.18. The Kier molecular flexibility index (Phi) is 36.4. The second kappa shape index (κ2) is 43.1. The summed E-state index contributed by atoms with van der Waals surface area (Å²) in [4.78, 5) is 32.6. The van der Waals surface area contributed by atoms with Gasteiger partial charge in [-0.15, -0.1) is 6.58 Å². The van der Waals surface area contributed by atoms with Crippen LogP contribution in [0.5, 0.6) is 0 Å². The molecule has 0 spiro atoms. The van der Waals surface area contributed by atoms with Gasteiger partial charge in [0.2, 0.25) is 0 Å². The van der Waals surface area contributed by atoms with E-state index in [0.29, 0.717) is 96.7 Å². The van der Waals surface area contributed by atoms with Gasteiger partial charge in [0.1, 0.15) is 76.8 Å². The van der Waals surface area contributed by atoms with Crippen LogP contribution in [0.1, 0.15) is 170 Å². The third-order valence-electron chi connectivity index (χ3n) is 18.5. The van der Waals surface area contributed by atoms with Crippen LogP contribution in [0.4, 0.5) is 22.0 Å². The van der Waals surface area contributed by atoms with Crippen LogP contribution < -0.4 is 9.44 Å². The summed E-state index contributed by atoms with van der Waals surface area (Å²) in [5.41, 5.74) is 8.18. The lowest BCUT2D eigenvalue weighted by Crippen LogP contribution is -2.58. The van der Waals surface area contributed by atoms with Gasteiger partial charge < -0.3 is 5.11 Å². The van der Waals surface area contributed by atoms with Crippen molar-refractivity contribution in [2.24, 2.45) is 4.40 Å². The number of aliphatic hydroxyl groups excluding tert-OH is 1. The molecule has 1 saturated heterocycles. The lowest BCUT2D eigenvalue weighted by atomic mass is 9.82. The molecule has 15 nitrogen and oxygen atoms in total. The van der Waals surface area contributed by atoms with Gasteiger partial charge in [-0.1, -0.05) is 122 Å². The van der Waals surface area contributed by atoms with Crippen molar-refractivity contribution in [2.45, 2.75) is 173 Å². The molecule has 3 N–H and O–H groups in total. The van der Waals surface area contributed by atoms with Gasteiger partial charge in [0.25, 0.3) is 0 Å². The Morgan fingerprint density at radius 3 is 1.09 bits per heavy atom. The first-order valence-corrected chi connectivity index (χ1v) is 45.7. The first kappa shape index (κ1) is 103. The molecule has 7 unspecified atom stereocenters. The molecule has 0 saturated carbocycles. The minimum Gasteiger partial charge on any atom is -0.396 e. The summed E-state index contributed by atoms with van der Waals surface area (Å²) in [6.07, 6.45) is 3.48. The van der Waals surface area contributed by atoms with Gasteiger partial charge in [-0.05, 0) is 305 Å². The van der Waals surface area contributed by atoms with E-state index in [1.54, 1.807) is 73.7 Å². The van der Waals surface area contributed by atoms with Crippen molar-refractivity contribution in [2.75, 3.05) is 13.2 Å². The minimum atomic E-state index is -1.38. The number of hydrogen-bond donors (Lipinski definition) is 3. The summed E-state index contributed by atoms with van der Waals surface area (Å²) in [6.45, 7) is 36.3. The standard InChI is InChI=1S/C20H23Cl2FN2OS.C19H23Cl2FN2O2S.C19H21Cl2FN2OS.C17H17Cl2FN2OS.C13H8Cl2FNO/c1-6-9-20(5,25-27(26)19(2,3)4)14-11-17(24-18(22)12-14)13-7-8-16(23)15(21)10-13;1-18(2,3)27(26)24-19(4,7-8-25)13-10-16(23-17(21)11-13)12-5-6-15(22)14(20)9-12;1-18(2,3)26(25)24-8-7-19(24,4)13-10-16(23-17(21)11-13)12-5-6-15(22)14(20)9-12;1-10(22-24(23)17(2,3)4)12-8-15(21-16(19)9-12)11-5-6-14(20)13(18)7-11;1-7(18)9-5-12(17-13(15)6-9)8-2-3-11(16)10(14)4-8/h6-8,10-12,25H,1,9H2,2-5H3;5-6,9-11,24-25H,7-8H2,1-4H3;5-6,9-11H,7-8H2,1-4H3;5-9H,1-4H3;2-6H,1H3. The van der Waals surface area contributed by atoms with Crippen LogP contribution in [0.2, 0.25) is 50.9 Å². The van der Waals surface area contributed by atoms with Crippen LogP contribution in [-0.4, -0.2) is 94.8 Å². The molecule has 5 aromatic heterocycles. The molecule has 0 radical (unpaired) electrons. The summed E-state index contributed by atoms with van der Waals surface area (Å²) < 4.78 is 128. The molecule has 10 aromatic rings. The number of hydrogen-bond acceptors (Lipinski definition) is 11. The maximum Gasteiger partial charge on any atom is 0.159 e. The van der Waals surface area contributed by atoms with E-state index < -0.39 is 98.3 Å². The molecule has 122 heavy (non-hydrogen) atoms. The van der Waals surface area contributed by atoms with E-state index in [4.69, 9.17) is 116 Å². The average molecular weight is 1950 g/mol. The van der Waals surface area contributed by atoms with Crippen molar-refractivity contribution in [1.29, 1.82) is 0 Å². The van der Waals surface area contributed by atoms with Crippen molar-refractivity contribution in [3.8, 4) is 56.3 Å². The smallest absolute Gasteiger partial charge is 0.159 e. The highest BCUT2D eigenvalue weighted by Crippen LogP contribution is 2.46. The fraction of sp³-hybridized carbons (Fsp3) is 0.330. The third-order valence-corrected chi connectivity index (χ3v) is 27.9. The number of aromatic nitrogens is 5. The number of ketones is 1. The molecule has 34 heteroatoms. The summed E-state index contributed by atoms with van der Waals surface area (Å²) in [5.74, 6) is -2.62. The molecule has 0 amide bonds. The average Bonchev–Trinajstić information content (AvgIpc) is 0.738. The molecule has 654 valence electrons. The van der Waals surface area contributed by atoms with E-state index in [1.165, 1.54) is 79.7 Å². The third kappa shape index (κ3) is 28.2.